The van der Waals surface area contributed by atoms with Gasteiger partial charge >= 0.3 is 6.09 Å². The van der Waals surface area contributed by atoms with Crippen LogP contribution in [-0.4, -0.2) is 71.9 Å². The minimum absolute atomic E-state index is 0.123. The lowest BCUT2D eigenvalue weighted by molar-refractivity contribution is -0.130. The lowest BCUT2D eigenvalue weighted by Gasteiger charge is -2.34. The molecule has 0 radical (unpaired) electrons. The molecule has 0 spiro atoms. The number of carbonyl (C=O) groups excluding carboxylic acids is 3. The zero-order valence-electron chi connectivity index (χ0n) is 21.1. The van der Waals surface area contributed by atoms with E-state index in [4.69, 9.17) is 15.5 Å². The Bertz CT molecular complexity index is 1330. The van der Waals surface area contributed by atoms with Gasteiger partial charge < -0.3 is 20.3 Å². The van der Waals surface area contributed by atoms with E-state index in [0.717, 1.165) is 16.7 Å². The minimum Gasteiger partial charge on any atom is -0.453 e. The Morgan fingerprint density at radius 3 is 2.03 bits per heavy atom. The van der Waals surface area contributed by atoms with E-state index in [2.05, 4.69) is 0 Å². The molecule has 0 atom stereocenters. The molecular formula is C29H29N5O4. The number of amides is 3. The average Bonchev–Trinajstić information content (AvgIpc) is 3.23. The van der Waals surface area contributed by atoms with Crippen LogP contribution < -0.4 is 5.73 Å². The van der Waals surface area contributed by atoms with Crippen molar-refractivity contribution in [2.24, 2.45) is 10.7 Å². The van der Waals surface area contributed by atoms with Crippen molar-refractivity contribution in [3.05, 3.63) is 107 Å². The summed E-state index contributed by atoms with van der Waals surface area (Å²) in [6, 6.07) is 26.0. The summed E-state index contributed by atoms with van der Waals surface area (Å²) in [7, 11) is 1.34. The number of aliphatic imine (C=N–C) groups is 1. The molecule has 0 bridgehead atoms. The molecule has 3 amide bonds. The van der Waals surface area contributed by atoms with Crippen LogP contribution in [0.25, 0.3) is 0 Å². The molecule has 2 N–H and O–H groups in total. The highest BCUT2D eigenvalue weighted by Crippen LogP contribution is 2.40. The van der Waals surface area contributed by atoms with E-state index in [1.54, 1.807) is 28.0 Å². The van der Waals surface area contributed by atoms with Crippen LogP contribution in [0.1, 0.15) is 27.0 Å². The minimum atomic E-state index is -1.28. The van der Waals surface area contributed by atoms with Gasteiger partial charge in [0.2, 0.25) is 0 Å². The van der Waals surface area contributed by atoms with Crippen LogP contribution in [-0.2, 0) is 21.6 Å². The first-order valence-corrected chi connectivity index (χ1v) is 12.4. The Morgan fingerprint density at radius 2 is 1.45 bits per heavy atom. The maximum Gasteiger partial charge on any atom is 0.409 e. The molecular weight excluding hydrogens is 482 g/mol. The average molecular weight is 512 g/mol. The van der Waals surface area contributed by atoms with Gasteiger partial charge in [0, 0.05) is 31.7 Å². The fourth-order valence-electron chi connectivity index (χ4n) is 5.02. The van der Waals surface area contributed by atoms with E-state index in [1.165, 1.54) is 12.0 Å². The van der Waals surface area contributed by atoms with Crippen molar-refractivity contribution in [2.75, 3.05) is 33.3 Å². The number of methoxy groups -OCH3 is 1. The smallest absolute Gasteiger partial charge is 0.409 e. The Hall–Kier alpha value is -4.66. The molecule has 9 heteroatoms. The van der Waals surface area contributed by atoms with E-state index in [9.17, 15) is 14.4 Å². The molecule has 38 heavy (non-hydrogen) atoms. The third kappa shape index (κ3) is 4.47. The maximum atomic E-state index is 14.0. The molecule has 0 aromatic heterocycles. The number of benzene rings is 3. The van der Waals surface area contributed by atoms with Crippen molar-refractivity contribution in [1.82, 2.24) is 14.7 Å². The molecule has 5 rings (SSSR count). The number of carbonyl (C=O) groups is 3. The lowest BCUT2D eigenvalue weighted by Crippen LogP contribution is -2.50. The largest absolute Gasteiger partial charge is 0.453 e. The summed E-state index contributed by atoms with van der Waals surface area (Å²) in [4.78, 5) is 48.5. The van der Waals surface area contributed by atoms with Crippen LogP contribution in [0.5, 0.6) is 0 Å². The highest BCUT2D eigenvalue weighted by atomic mass is 16.5. The van der Waals surface area contributed by atoms with Gasteiger partial charge in [0.05, 0.1) is 13.7 Å². The summed E-state index contributed by atoms with van der Waals surface area (Å²) in [5, 5.41) is 0. The third-order valence-corrected chi connectivity index (χ3v) is 7.01. The maximum absolute atomic E-state index is 14.0. The summed E-state index contributed by atoms with van der Waals surface area (Å²) < 4.78 is 4.77. The van der Waals surface area contributed by atoms with E-state index in [0.29, 0.717) is 31.7 Å². The molecule has 1 fully saturated rings. The zero-order valence-corrected chi connectivity index (χ0v) is 21.1. The van der Waals surface area contributed by atoms with Gasteiger partial charge in [-0.05, 0) is 28.8 Å². The summed E-state index contributed by atoms with van der Waals surface area (Å²) in [5.74, 6) is -0.255. The molecule has 0 unspecified atom stereocenters. The van der Waals surface area contributed by atoms with Gasteiger partial charge in [-0.25, -0.2) is 9.79 Å². The van der Waals surface area contributed by atoms with Gasteiger partial charge in [0.15, 0.2) is 11.5 Å². The van der Waals surface area contributed by atoms with E-state index >= 15 is 0 Å². The number of nitrogens with two attached hydrogens (primary N) is 1. The first-order valence-electron chi connectivity index (χ1n) is 12.4. The SMILES string of the molecule is COC(=O)N1CCN(C(=O)c2cccc(CN3C(=O)C(c4ccccc4)(c4ccccc4)N=C3N)c2)CC1. The second-order valence-corrected chi connectivity index (χ2v) is 9.25. The zero-order chi connectivity index (χ0) is 26.7. The number of nitrogens with zero attached hydrogens (tertiary/aromatic N) is 4. The summed E-state index contributed by atoms with van der Waals surface area (Å²) in [6.45, 7) is 1.83. The van der Waals surface area contributed by atoms with E-state index < -0.39 is 11.6 Å². The fraction of sp³-hybridized carbons (Fsp3) is 0.241. The molecule has 0 saturated carbocycles. The fourth-order valence-corrected chi connectivity index (χ4v) is 5.02. The highest BCUT2D eigenvalue weighted by molar-refractivity contribution is 6.09. The molecule has 3 aromatic carbocycles. The summed E-state index contributed by atoms with van der Waals surface area (Å²) in [5.41, 5.74) is 7.82. The predicted molar refractivity (Wildman–Crippen MR) is 142 cm³/mol. The number of rotatable bonds is 5. The Morgan fingerprint density at radius 1 is 0.868 bits per heavy atom. The van der Waals surface area contributed by atoms with Gasteiger partial charge in [-0.2, -0.15) is 0 Å². The first kappa shape index (κ1) is 25.0. The van der Waals surface area contributed by atoms with Gasteiger partial charge in [-0.1, -0.05) is 72.8 Å². The monoisotopic (exact) mass is 511 g/mol. The highest BCUT2D eigenvalue weighted by Gasteiger charge is 2.50. The Kier molecular flexibility index (Phi) is 6.83. The first-order chi connectivity index (χ1) is 18.4. The normalized spacial score (nSPS) is 16.8. The van der Waals surface area contributed by atoms with Crippen molar-refractivity contribution >= 4 is 23.9 Å². The van der Waals surface area contributed by atoms with Crippen molar-refractivity contribution in [2.45, 2.75) is 12.1 Å². The summed E-state index contributed by atoms with van der Waals surface area (Å²) >= 11 is 0. The third-order valence-electron chi connectivity index (χ3n) is 7.01. The van der Waals surface area contributed by atoms with E-state index in [-0.39, 0.29) is 24.3 Å². The number of guanidine groups is 1. The predicted octanol–water partition coefficient (Wildman–Crippen LogP) is 2.81. The van der Waals surface area contributed by atoms with Gasteiger partial charge in [-0.15, -0.1) is 0 Å². The molecule has 2 aliphatic rings. The lowest BCUT2D eigenvalue weighted by atomic mass is 9.83. The molecule has 0 aliphatic carbocycles. The van der Waals surface area contributed by atoms with Crippen molar-refractivity contribution in [1.29, 1.82) is 0 Å². The topological polar surface area (TPSA) is 109 Å². The molecule has 2 heterocycles. The molecule has 2 aliphatic heterocycles. The van der Waals surface area contributed by atoms with Crippen molar-refractivity contribution < 1.29 is 19.1 Å². The number of ether oxygens (including phenoxy) is 1. The van der Waals surface area contributed by atoms with Crippen molar-refractivity contribution in [3.8, 4) is 0 Å². The van der Waals surface area contributed by atoms with Crippen LogP contribution in [0, 0.1) is 0 Å². The molecule has 194 valence electrons. The van der Waals surface area contributed by atoms with Crippen LogP contribution in [0.3, 0.4) is 0 Å². The van der Waals surface area contributed by atoms with Gasteiger partial charge in [0.1, 0.15) is 0 Å². The number of hydrogen-bond acceptors (Lipinski definition) is 6. The second kappa shape index (κ2) is 10.4. The van der Waals surface area contributed by atoms with Crippen LogP contribution in [0.2, 0.25) is 0 Å². The van der Waals surface area contributed by atoms with Gasteiger partial charge in [0.25, 0.3) is 11.8 Å². The summed E-state index contributed by atoms with van der Waals surface area (Å²) in [6.07, 6.45) is -0.393. The number of piperazine rings is 1. The molecule has 3 aromatic rings. The second-order valence-electron chi connectivity index (χ2n) is 9.25. The van der Waals surface area contributed by atoms with Gasteiger partial charge in [-0.3, -0.25) is 14.5 Å². The van der Waals surface area contributed by atoms with Crippen molar-refractivity contribution in [3.63, 3.8) is 0 Å². The number of hydrogen-bond donors (Lipinski definition) is 1. The molecule has 9 nitrogen and oxygen atoms in total. The standard InChI is InChI=1S/C29H29N5O4/c1-38-28(37)33-17-15-32(16-18-33)25(35)22-10-8-9-21(19-22)20-34-26(36)29(31-27(34)30,23-11-4-2-5-12-23)24-13-6-3-7-14-24/h2-14,19H,15-18,20H2,1H3,(H2,30,31). The Balaban J connectivity index is 1.37. The van der Waals surface area contributed by atoms with Crippen LogP contribution >= 0.6 is 0 Å². The van der Waals surface area contributed by atoms with Crippen LogP contribution in [0.15, 0.2) is 89.9 Å². The Labute approximate surface area is 221 Å². The quantitative estimate of drug-likeness (QED) is 0.567. The molecule has 1 saturated heterocycles. The van der Waals surface area contributed by atoms with E-state index in [1.807, 2.05) is 66.7 Å². The van der Waals surface area contributed by atoms with Crippen LogP contribution in [0.4, 0.5) is 4.79 Å².